The van der Waals surface area contributed by atoms with Crippen molar-refractivity contribution in [3.63, 3.8) is 0 Å². The van der Waals surface area contributed by atoms with E-state index in [2.05, 4.69) is 64.5 Å². The monoisotopic (exact) mass is 734 g/mol. The smallest absolute Gasteiger partial charge is 0.347 e. The SMILES string of the molecule is CCOC(=O)[C@@H](Cc1ccccc1OC)Oc1ncnc2sc(-c3ccco3)c(-c3ccc(O[Si](C(C)C)(C(C)C)C(C)C)c(Cl)c3CC)c12. The molecule has 0 amide bonds. The molecule has 3 aromatic heterocycles. The van der Waals surface area contributed by atoms with E-state index < -0.39 is 20.4 Å². The van der Waals surface area contributed by atoms with E-state index in [1.165, 1.54) is 17.7 Å². The van der Waals surface area contributed by atoms with Crippen LogP contribution in [0.4, 0.5) is 0 Å². The number of hydrogen-bond donors (Lipinski definition) is 0. The third kappa shape index (κ3) is 7.16. The zero-order chi connectivity index (χ0) is 36.2. The van der Waals surface area contributed by atoms with Gasteiger partial charge in [-0.3, -0.25) is 0 Å². The van der Waals surface area contributed by atoms with E-state index in [0.29, 0.717) is 55.5 Å². The van der Waals surface area contributed by atoms with Crippen LogP contribution in [0.1, 0.15) is 66.5 Å². The summed E-state index contributed by atoms with van der Waals surface area (Å²) in [5.41, 5.74) is 4.60. The molecule has 0 aliphatic carbocycles. The largest absolute Gasteiger partial charge is 0.542 e. The lowest BCUT2D eigenvalue weighted by molar-refractivity contribution is -0.151. The van der Waals surface area contributed by atoms with Crippen LogP contribution < -0.4 is 13.9 Å². The lowest BCUT2D eigenvalue weighted by atomic mass is 9.95. The molecule has 0 aliphatic rings. The van der Waals surface area contributed by atoms with Gasteiger partial charge in [-0.1, -0.05) is 84.3 Å². The van der Waals surface area contributed by atoms with Crippen molar-refractivity contribution in [2.45, 2.75) is 91.0 Å². The van der Waals surface area contributed by atoms with Crippen LogP contribution in [0.5, 0.6) is 17.4 Å². The first-order valence-corrected chi connectivity index (χ1v) is 20.6. The number of fused-ring (bicyclic) bond motifs is 1. The molecule has 0 spiro atoms. The maximum atomic E-state index is 13.4. The molecule has 0 fully saturated rings. The molecule has 5 aromatic rings. The van der Waals surface area contributed by atoms with Crippen molar-refractivity contribution >= 4 is 47.4 Å². The molecule has 0 saturated heterocycles. The number of carbonyl (C=O) groups is 1. The normalized spacial score (nSPS) is 12.6. The molecular formula is C39H47ClN2O6SSi. The number of hydrogen-bond acceptors (Lipinski definition) is 9. The fourth-order valence-electron chi connectivity index (χ4n) is 7.25. The number of rotatable bonds is 15. The van der Waals surface area contributed by atoms with E-state index in [0.717, 1.165) is 27.1 Å². The fourth-order valence-corrected chi connectivity index (χ4v) is 14.0. The van der Waals surface area contributed by atoms with Crippen molar-refractivity contribution in [3.8, 4) is 39.1 Å². The molecule has 0 saturated carbocycles. The molecule has 0 bridgehead atoms. The number of carbonyl (C=O) groups excluding carboxylic acids is 1. The van der Waals surface area contributed by atoms with Gasteiger partial charge in [0, 0.05) is 12.0 Å². The zero-order valence-corrected chi connectivity index (χ0v) is 32.9. The highest BCUT2D eigenvalue weighted by atomic mass is 35.5. The first kappa shape index (κ1) is 37.4. The molecule has 8 nitrogen and oxygen atoms in total. The van der Waals surface area contributed by atoms with Gasteiger partial charge in [0.2, 0.25) is 12.0 Å². The molecule has 3 heterocycles. The van der Waals surface area contributed by atoms with E-state index >= 15 is 0 Å². The van der Waals surface area contributed by atoms with Gasteiger partial charge in [-0.15, -0.1) is 11.3 Å². The molecule has 11 heteroatoms. The van der Waals surface area contributed by atoms with E-state index in [1.807, 2.05) is 42.5 Å². The number of para-hydroxylation sites is 1. The number of halogens is 1. The first-order valence-electron chi connectivity index (χ1n) is 17.2. The van der Waals surface area contributed by atoms with E-state index in [-0.39, 0.29) is 18.9 Å². The van der Waals surface area contributed by atoms with E-state index in [1.54, 1.807) is 20.3 Å². The Morgan fingerprint density at radius 3 is 2.28 bits per heavy atom. The van der Waals surface area contributed by atoms with Gasteiger partial charge < -0.3 is 23.1 Å². The third-order valence-electron chi connectivity index (χ3n) is 9.42. The van der Waals surface area contributed by atoms with Gasteiger partial charge in [0.15, 0.2) is 0 Å². The molecule has 0 radical (unpaired) electrons. The summed E-state index contributed by atoms with van der Waals surface area (Å²) in [6.45, 7) is 17.7. The zero-order valence-electron chi connectivity index (χ0n) is 30.3. The van der Waals surface area contributed by atoms with Gasteiger partial charge in [0.05, 0.1) is 35.3 Å². The molecule has 0 unspecified atom stereocenters. The average molecular weight is 735 g/mol. The second-order valence-electron chi connectivity index (χ2n) is 13.2. The Morgan fingerprint density at radius 2 is 1.66 bits per heavy atom. The summed E-state index contributed by atoms with van der Waals surface area (Å²) in [6.07, 6.45) is 2.95. The summed E-state index contributed by atoms with van der Waals surface area (Å²) >= 11 is 8.81. The van der Waals surface area contributed by atoms with Crippen molar-refractivity contribution < 1.29 is 27.8 Å². The van der Waals surface area contributed by atoms with Crippen LogP contribution in [-0.4, -0.2) is 44.1 Å². The summed E-state index contributed by atoms with van der Waals surface area (Å²) in [6, 6.07) is 15.4. The third-order valence-corrected chi connectivity index (χ3v) is 16.9. The highest BCUT2D eigenvalue weighted by Crippen LogP contribution is 2.51. The number of methoxy groups -OCH3 is 1. The van der Waals surface area contributed by atoms with Gasteiger partial charge in [-0.25, -0.2) is 14.8 Å². The number of esters is 1. The predicted molar refractivity (Wildman–Crippen MR) is 204 cm³/mol. The van der Waals surface area contributed by atoms with Gasteiger partial charge in [-0.2, -0.15) is 0 Å². The maximum absolute atomic E-state index is 13.4. The molecule has 2 aromatic carbocycles. The molecular weight excluding hydrogens is 688 g/mol. The van der Waals surface area contributed by atoms with Gasteiger partial charge >= 0.3 is 5.97 Å². The van der Waals surface area contributed by atoms with Crippen molar-refractivity contribution in [1.29, 1.82) is 0 Å². The minimum atomic E-state index is -2.29. The lowest BCUT2D eigenvalue weighted by Crippen LogP contribution is -2.50. The number of furan rings is 1. The Hall–Kier alpha value is -3.86. The highest BCUT2D eigenvalue weighted by molar-refractivity contribution is 7.22. The van der Waals surface area contributed by atoms with E-state index in [9.17, 15) is 4.79 Å². The Balaban J connectivity index is 1.70. The van der Waals surface area contributed by atoms with Crippen LogP contribution in [0.25, 0.3) is 32.0 Å². The van der Waals surface area contributed by atoms with Crippen LogP contribution in [0.15, 0.2) is 65.5 Å². The summed E-state index contributed by atoms with van der Waals surface area (Å²) in [5, 5.41) is 1.25. The first-order chi connectivity index (χ1) is 24.0. The number of thiophene rings is 1. The van der Waals surface area contributed by atoms with Crippen molar-refractivity contribution in [2.75, 3.05) is 13.7 Å². The lowest BCUT2D eigenvalue weighted by Gasteiger charge is -2.42. The summed E-state index contributed by atoms with van der Waals surface area (Å²) < 4.78 is 30.7. The standard InChI is InChI=1S/C39H47ClN2O6SSi/c1-10-27-28(18-19-30(35(27)40)48-50(23(3)4,24(5)6)25(7)8)33-34-37(41-22-42-38(34)49-36(33)31-17-14-20-46-31)47-32(39(43)45-11-2)21-26-15-12-13-16-29(26)44-9/h12-20,22-25,32H,10-11,21H2,1-9H3/t32-/m1/s1. The molecule has 0 aliphatic heterocycles. The topological polar surface area (TPSA) is 92.9 Å². The van der Waals surface area contributed by atoms with Crippen molar-refractivity contribution in [2.24, 2.45) is 0 Å². The van der Waals surface area contributed by atoms with Crippen LogP contribution in [-0.2, 0) is 22.4 Å². The van der Waals surface area contributed by atoms with Crippen molar-refractivity contribution in [1.82, 2.24) is 9.97 Å². The Labute approximate surface area is 305 Å². The highest BCUT2D eigenvalue weighted by Gasteiger charge is 2.47. The minimum Gasteiger partial charge on any atom is -0.542 e. The molecule has 5 rings (SSSR count). The second kappa shape index (κ2) is 16.0. The molecule has 0 N–H and O–H groups in total. The Morgan fingerprint density at radius 1 is 0.940 bits per heavy atom. The summed E-state index contributed by atoms with van der Waals surface area (Å²) in [4.78, 5) is 24.2. The van der Waals surface area contributed by atoms with Crippen molar-refractivity contribution in [3.05, 3.63) is 77.3 Å². The number of ether oxygens (including phenoxy) is 3. The second-order valence-corrected chi connectivity index (χ2v) is 19.9. The van der Waals surface area contributed by atoms with Gasteiger partial charge in [0.25, 0.3) is 8.32 Å². The van der Waals surface area contributed by atoms with Crippen LogP contribution in [0.2, 0.25) is 21.6 Å². The summed E-state index contributed by atoms with van der Waals surface area (Å²) in [5.74, 6) is 1.80. The van der Waals surface area contributed by atoms with Gasteiger partial charge in [-0.05, 0) is 70.9 Å². The molecule has 1 atom stereocenters. The Bertz CT molecular complexity index is 1900. The number of aromatic nitrogens is 2. The average Bonchev–Trinajstić information content (AvgIpc) is 3.76. The molecule has 50 heavy (non-hydrogen) atoms. The predicted octanol–water partition coefficient (Wildman–Crippen LogP) is 11.0. The number of benzene rings is 2. The maximum Gasteiger partial charge on any atom is 0.347 e. The van der Waals surface area contributed by atoms with Crippen LogP contribution >= 0.6 is 22.9 Å². The molecule has 266 valence electrons. The summed E-state index contributed by atoms with van der Waals surface area (Å²) in [7, 11) is -0.690. The van der Waals surface area contributed by atoms with E-state index in [4.69, 9.17) is 34.7 Å². The minimum absolute atomic E-state index is 0.206. The van der Waals surface area contributed by atoms with Crippen LogP contribution in [0.3, 0.4) is 0 Å². The Kier molecular flexibility index (Phi) is 12.0. The van der Waals surface area contributed by atoms with Crippen LogP contribution in [0, 0.1) is 0 Å². The quantitative estimate of drug-likeness (QED) is 0.0775. The number of nitrogens with zero attached hydrogens (tertiary/aromatic N) is 2. The fraction of sp³-hybridized carbons (Fsp3) is 0.410. The van der Waals surface area contributed by atoms with Gasteiger partial charge in [0.1, 0.15) is 28.4 Å².